The van der Waals surface area contributed by atoms with E-state index in [2.05, 4.69) is 11.8 Å². The van der Waals surface area contributed by atoms with Crippen molar-refractivity contribution in [3.8, 4) is 11.8 Å². The van der Waals surface area contributed by atoms with Crippen LogP contribution in [-0.4, -0.2) is 35.7 Å². The average Bonchev–Trinajstić information content (AvgIpc) is 3.15. The zero-order chi connectivity index (χ0) is 14.4. The molecule has 2 bridgehead atoms. The van der Waals surface area contributed by atoms with Crippen LogP contribution in [0.4, 0.5) is 0 Å². The van der Waals surface area contributed by atoms with Gasteiger partial charge in [-0.25, -0.2) is 0 Å². The van der Waals surface area contributed by atoms with E-state index in [0.29, 0.717) is 36.1 Å². The van der Waals surface area contributed by atoms with Crippen LogP contribution in [0.5, 0.6) is 0 Å². The van der Waals surface area contributed by atoms with Crippen molar-refractivity contribution in [3.63, 3.8) is 0 Å². The highest BCUT2D eigenvalue weighted by Crippen LogP contribution is 2.65. The van der Waals surface area contributed by atoms with Gasteiger partial charge in [0.1, 0.15) is 12.7 Å². The van der Waals surface area contributed by atoms with Gasteiger partial charge in [-0.1, -0.05) is 29.1 Å². The van der Waals surface area contributed by atoms with E-state index in [9.17, 15) is 0 Å². The second kappa shape index (κ2) is 5.54. The molecule has 4 unspecified atom stereocenters. The van der Waals surface area contributed by atoms with E-state index in [1.807, 2.05) is 0 Å². The van der Waals surface area contributed by atoms with Gasteiger partial charge < -0.3 is 9.47 Å². The Kier molecular flexibility index (Phi) is 4.23. The summed E-state index contributed by atoms with van der Waals surface area (Å²) < 4.78 is 10.4. The molecule has 3 aliphatic rings. The first-order valence-corrected chi connectivity index (χ1v) is 8.06. The lowest BCUT2D eigenvalue weighted by Crippen LogP contribution is -2.27. The Labute approximate surface area is 138 Å². The molecule has 1 saturated heterocycles. The third-order valence-electron chi connectivity index (χ3n) is 4.06. The van der Waals surface area contributed by atoms with Gasteiger partial charge in [0.2, 0.25) is 0 Å². The Morgan fingerprint density at radius 2 is 2.00 bits per heavy atom. The Hall–Kier alpha value is 0.380. The SMILES string of the molecule is ClC1=C(Cl)C2(Cl)CC1(Cl)CC2CC#CCOCC1CO1. The number of alkyl halides is 2. The van der Waals surface area contributed by atoms with Crippen molar-refractivity contribution in [2.75, 3.05) is 19.8 Å². The van der Waals surface area contributed by atoms with Crippen molar-refractivity contribution in [1.82, 2.24) is 0 Å². The van der Waals surface area contributed by atoms with Crippen molar-refractivity contribution in [2.45, 2.75) is 35.1 Å². The normalized spacial score (nSPS) is 41.8. The first-order chi connectivity index (χ1) is 9.46. The van der Waals surface area contributed by atoms with Gasteiger partial charge in [0, 0.05) is 6.42 Å². The third kappa shape index (κ3) is 2.70. The van der Waals surface area contributed by atoms with E-state index in [1.165, 1.54) is 0 Å². The van der Waals surface area contributed by atoms with Gasteiger partial charge in [-0.3, -0.25) is 0 Å². The summed E-state index contributed by atoms with van der Waals surface area (Å²) in [5.74, 6) is 6.23. The number of halogens is 4. The molecule has 1 aliphatic heterocycles. The van der Waals surface area contributed by atoms with Crippen LogP contribution in [0, 0.1) is 17.8 Å². The average molecular weight is 356 g/mol. The monoisotopic (exact) mass is 354 g/mol. The van der Waals surface area contributed by atoms with E-state index in [1.54, 1.807) is 0 Å². The summed E-state index contributed by atoms with van der Waals surface area (Å²) in [6, 6.07) is 0. The van der Waals surface area contributed by atoms with Crippen molar-refractivity contribution in [3.05, 3.63) is 10.1 Å². The molecule has 0 radical (unpaired) electrons. The van der Waals surface area contributed by atoms with Gasteiger partial charge in [0.15, 0.2) is 0 Å². The molecule has 2 nitrogen and oxygen atoms in total. The summed E-state index contributed by atoms with van der Waals surface area (Å²) in [4.78, 5) is -1.23. The predicted octanol–water partition coefficient (Wildman–Crippen LogP) is 3.86. The van der Waals surface area contributed by atoms with Crippen LogP contribution in [-0.2, 0) is 9.47 Å². The maximum absolute atomic E-state index is 6.61. The summed E-state index contributed by atoms with van der Waals surface area (Å²) in [5, 5.41) is 1.00. The molecular formula is C14H14Cl4O2. The summed E-state index contributed by atoms with van der Waals surface area (Å²) >= 11 is 25.5. The van der Waals surface area contributed by atoms with E-state index in [0.717, 1.165) is 13.0 Å². The summed E-state index contributed by atoms with van der Waals surface area (Å²) in [7, 11) is 0. The fourth-order valence-electron chi connectivity index (χ4n) is 2.87. The number of epoxide rings is 1. The summed E-state index contributed by atoms with van der Waals surface area (Å²) in [6.07, 6.45) is 2.23. The molecule has 0 spiro atoms. The minimum atomic E-state index is -0.641. The number of allylic oxidation sites excluding steroid dienone is 2. The van der Waals surface area contributed by atoms with Crippen LogP contribution in [0.1, 0.15) is 19.3 Å². The zero-order valence-corrected chi connectivity index (χ0v) is 13.7. The second-order valence-electron chi connectivity index (χ2n) is 5.56. The summed E-state index contributed by atoms with van der Waals surface area (Å²) in [5.41, 5.74) is 0. The Bertz CT molecular complexity index is 505. The van der Waals surface area contributed by atoms with Gasteiger partial charge in [-0.15, -0.1) is 29.1 Å². The molecule has 1 saturated carbocycles. The van der Waals surface area contributed by atoms with Crippen LogP contribution in [0.3, 0.4) is 0 Å². The lowest BCUT2D eigenvalue weighted by molar-refractivity contribution is 0.145. The molecule has 0 aromatic rings. The van der Waals surface area contributed by atoms with Crippen LogP contribution in [0.25, 0.3) is 0 Å². The zero-order valence-electron chi connectivity index (χ0n) is 10.7. The van der Waals surface area contributed by atoms with Crippen LogP contribution < -0.4 is 0 Å². The molecule has 2 aliphatic carbocycles. The van der Waals surface area contributed by atoms with E-state index >= 15 is 0 Å². The first-order valence-electron chi connectivity index (χ1n) is 6.55. The minimum Gasteiger partial charge on any atom is -0.371 e. The van der Waals surface area contributed by atoms with Crippen LogP contribution in [0.2, 0.25) is 0 Å². The molecule has 0 N–H and O–H groups in total. The van der Waals surface area contributed by atoms with Crippen LogP contribution in [0.15, 0.2) is 10.1 Å². The van der Waals surface area contributed by atoms with Gasteiger partial charge in [0.25, 0.3) is 0 Å². The number of fused-ring (bicyclic) bond motifs is 2. The predicted molar refractivity (Wildman–Crippen MR) is 81.6 cm³/mol. The highest BCUT2D eigenvalue weighted by molar-refractivity contribution is 6.50. The van der Waals surface area contributed by atoms with E-state index in [4.69, 9.17) is 55.9 Å². The van der Waals surface area contributed by atoms with Gasteiger partial charge in [-0.05, 0) is 18.8 Å². The van der Waals surface area contributed by atoms with E-state index < -0.39 is 9.75 Å². The Balaban J connectivity index is 1.53. The fraction of sp³-hybridized carbons (Fsp3) is 0.714. The Morgan fingerprint density at radius 3 is 2.60 bits per heavy atom. The number of rotatable bonds is 4. The molecule has 3 rings (SSSR count). The molecule has 2 fully saturated rings. The molecule has 110 valence electrons. The van der Waals surface area contributed by atoms with Crippen LogP contribution >= 0.6 is 46.4 Å². The van der Waals surface area contributed by atoms with Crippen molar-refractivity contribution < 1.29 is 9.47 Å². The molecule has 4 atom stereocenters. The maximum atomic E-state index is 6.61. The highest BCUT2D eigenvalue weighted by atomic mass is 35.5. The molecule has 0 aromatic carbocycles. The summed E-state index contributed by atoms with van der Waals surface area (Å²) in [6.45, 7) is 1.83. The third-order valence-corrected chi connectivity index (χ3v) is 6.53. The topological polar surface area (TPSA) is 21.8 Å². The quantitative estimate of drug-likeness (QED) is 0.330. The molecule has 0 aromatic heterocycles. The molecule has 0 amide bonds. The Morgan fingerprint density at radius 1 is 1.25 bits per heavy atom. The lowest BCUT2D eigenvalue weighted by atomic mass is 9.89. The van der Waals surface area contributed by atoms with Crippen molar-refractivity contribution in [1.29, 1.82) is 0 Å². The molecule has 1 heterocycles. The number of ether oxygens (including phenoxy) is 2. The highest BCUT2D eigenvalue weighted by Gasteiger charge is 2.62. The van der Waals surface area contributed by atoms with Gasteiger partial charge in [-0.2, -0.15) is 0 Å². The molecule has 20 heavy (non-hydrogen) atoms. The van der Waals surface area contributed by atoms with Crippen molar-refractivity contribution in [2.24, 2.45) is 5.92 Å². The maximum Gasteiger partial charge on any atom is 0.107 e. The first kappa shape index (κ1) is 15.3. The second-order valence-corrected chi connectivity index (χ2v) is 7.72. The van der Waals surface area contributed by atoms with Gasteiger partial charge in [0.05, 0.1) is 33.0 Å². The fourth-order valence-corrected chi connectivity index (χ4v) is 4.71. The standard InChI is InChI=1S/C14H14Cl4O2/c15-11-12(16)14(18)8-13(11,17)5-9(14)3-1-2-4-19-6-10-7-20-10/h9-10H,3-8H2. The number of hydrogen-bond donors (Lipinski definition) is 0. The van der Waals surface area contributed by atoms with E-state index in [-0.39, 0.29) is 12.0 Å². The molecular weight excluding hydrogens is 342 g/mol. The lowest BCUT2D eigenvalue weighted by Gasteiger charge is -2.28. The van der Waals surface area contributed by atoms with Gasteiger partial charge >= 0.3 is 0 Å². The largest absolute Gasteiger partial charge is 0.371 e. The smallest absolute Gasteiger partial charge is 0.107 e. The molecule has 6 heteroatoms. The van der Waals surface area contributed by atoms with Crippen molar-refractivity contribution >= 4 is 46.4 Å². The minimum absolute atomic E-state index is 0.135. The number of hydrogen-bond acceptors (Lipinski definition) is 2.